The lowest BCUT2D eigenvalue weighted by atomic mass is 10.4. The quantitative estimate of drug-likeness (QED) is 0.436. The first-order chi connectivity index (χ1) is 11.6. The van der Waals surface area contributed by atoms with Gasteiger partial charge in [-0.3, -0.25) is 0 Å². The van der Waals surface area contributed by atoms with E-state index < -0.39 is 16.8 Å². The summed E-state index contributed by atoms with van der Waals surface area (Å²) in [5, 5.41) is 0. The van der Waals surface area contributed by atoms with Crippen molar-refractivity contribution in [2.45, 2.75) is 104 Å². The zero-order valence-electron chi connectivity index (χ0n) is 17.5. The van der Waals surface area contributed by atoms with Gasteiger partial charge in [0.1, 0.15) is 8.24 Å². The van der Waals surface area contributed by atoms with Gasteiger partial charge in [-0.1, -0.05) is 54.4 Å². The van der Waals surface area contributed by atoms with Crippen molar-refractivity contribution < 1.29 is 0 Å². The molecule has 1 aliphatic carbocycles. The molecule has 0 unspecified atom stereocenters. The molecule has 2 N–H and O–H groups in total. The molecule has 24 heavy (non-hydrogen) atoms. The Bertz CT molecular complexity index is 312. The average Bonchev–Trinajstić information content (AvgIpc) is 3.16. The third kappa shape index (κ3) is 4.73. The molecule has 0 atom stereocenters. The van der Waals surface area contributed by atoms with E-state index in [-0.39, 0.29) is 0 Å². The van der Waals surface area contributed by atoms with Gasteiger partial charge in [0.2, 0.25) is 0 Å². The number of hydrogen-bond acceptors (Lipinski definition) is 3. The number of hydrogen-bond donors (Lipinski definition) is 2. The highest BCUT2D eigenvalue weighted by Gasteiger charge is 2.53. The van der Waals surface area contributed by atoms with Gasteiger partial charge in [-0.25, -0.2) is 0 Å². The molecule has 144 valence electrons. The lowest BCUT2D eigenvalue weighted by Gasteiger charge is -2.54. The summed E-state index contributed by atoms with van der Waals surface area (Å²) in [6, 6.07) is 4.20. The normalized spacial score (nSPS) is 17.1. The van der Waals surface area contributed by atoms with E-state index in [4.69, 9.17) is 0 Å². The zero-order chi connectivity index (χ0) is 18.1. The summed E-state index contributed by atoms with van der Waals surface area (Å²) < 4.78 is 3.11. The molecule has 0 bridgehead atoms. The second-order valence-corrected chi connectivity index (χ2v) is 16.8. The van der Waals surface area contributed by atoms with E-state index in [9.17, 15) is 0 Å². The van der Waals surface area contributed by atoms with Crippen LogP contribution in [0.25, 0.3) is 0 Å². The van der Waals surface area contributed by atoms with E-state index in [1.54, 1.807) is 0 Å². The van der Waals surface area contributed by atoms with Gasteiger partial charge in [-0.15, -0.1) is 0 Å². The summed E-state index contributed by atoms with van der Waals surface area (Å²) in [7, 11) is -3.22. The molecule has 0 heterocycles. The highest BCUT2D eigenvalue weighted by Crippen LogP contribution is 2.41. The summed E-state index contributed by atoms with van der Waals surface area (Å²) in [6.45, 7) is 18.1. The van der Waals surface area contributed by atoms with Crippen molar-refractivity contribution >= 4 is 16.8 Å². The zero-order valence-corrected chi connectivity index (χ0v) is 19.5. The van der Waals surface area contributed by atoms with Crippen molar-refractivity contribution in [2.75, 3.05) is 19.6 Å². The summed E-state index contributed by atoms with van der Waals surface area (Å²) in [5.41, 5.74) is 0.895. The van der Waals surface area contributed by atoms with Gasteiger partial charge in [0.15, 0.2) is 0 Å². The van der Waals surface area contributed by atoms with E-state index in [0.29, 0.717) is 0 Å². The minimum Gasteiger partial charge on any atom is -0.321 e. The molecule has 0 saturated heterocycles. The van der Waals surface area contributed by atoms with Crippen molar-refractivity contribution in [3.05, 3.63) is 0 Å². The molecule has 0 aromatic rings. The Morgan fingerprint density at radius 3 is 1.58 bits per heavy atom. The van der Waals surface area contributed by atoms with E-state index in [2.05, 4.69) is 55.7 Å². The topological polar surface area (TPSA) is 27.3 Å². The summed E-state index contributed by atoms with van der Waals surface area (Å²) in [6.07, 6.45) is 8.25. The van der Waals surface area contributed by atoms with Gasteiger partial charge in [0.25, 0.3) is 8.56 Å². The molecule has 0 aliphatic heterocycles. The minimum atomic E-state index is -1.84. The molecule has 1 fully saturated rings. The Kier molecular flexibility index (Phi) is 10.4. The molecule has 1 aliphatic rings. The van der Waals surface area contributed by atoms with Gasteiger partial charge in [0, 0.05) is 0 Å². The molecule has 0 aromatic heterocycles. The van der Waals surface area contributed by atoms with Crippen LogP contribution in [-0.2, 0) is 0 Å². The Morgan fingerprint density at radius 2 is 1.25 bits per heavy atom. The van der Waals surface area contributed by atoms with E-state index in [0.717, 1.165) is 5.54 Å². The fourth-order valence-corrected chi connectivity index (χ4v) is 18.3. The number of nitrogens with zero attached hydrogens (tertiary/aromatic N) is 1. The predicted molar refractivity (Wildman–Crippen MR) is 114 cm³/mol. The van der Waals surface area contributed by atoms with Crippen LogP contribution in [0, 0.1) is 0 Å². The smallest absolute Gasteiger partial charge is 0.280 e. The van der Waals surface area contributed by atoms with Gasteiger partial charge in [-0.05, 0) is 69.0 Å². The molecule has 0 amide bonds. The first kappa shape index (κ1) is 22.4. The monoisotopic (exact) mass is 371 g/mol. The Morgan fingerprint density at radius 1 is 0.792 bits per heavy atom. The van der Waals surface area contributed by atoms with Crippen LogP contribution in [0.15, 0.2) is 0 Å². The van der Waals surface area contributed by atoms with Crippen molar-refractivity contribution in [1.82, 2.24) is 14.2 Å². The Labute approximate surface area is 154 Å². The summed E-state index contributed by atoms with van der Waals surface area (Å²) in [4.78, 5) is 8.41. The molecular formula is C19H45N3Si2. The largest absolute Gasteiger partial charge is 0.321 e. The number of rotatable bonds is 13. The van der Waals surface area contributed by atoms with Gasteiger partial charge >= 0.3 is 0 Å². The molecule has 3 nitrogen and oxygen atoms in total. The van der Waals surface area contributed by atoms with Crippen LogP contribution >= 0.6 is 0 Å². The maximum atomic E-state index is 4.21. The molecule has 1 rings (SSSR count). The maximum absolute atomic E-state index is 4.21. The van der Waals surface area contributed by atoms with Crippen LogP contribution < -0.4 is 9.96 Å². The first-order valence-electron chi connectivity index (χ1n) is 10.9. The lowest BCUT2D eigenvalue weighted by molar-refractivity contribution is 0.520. The SMILES string of the molecule is CCCN[Si](NCCC)(C1CCCC1)N(CC)[Si](CC)(CC)CC. The van der Waals surface area contributed by atoms with Gasteiger partial charge in [0.05, 0.1) is 0 Å². The highest BCUT2D eigenvalue weighted by atomic mass is 28.4. The second kappa shape index (κ2) is 11.1. The van der Waals surface area contributed by atoms with Crippen molar-refractivity contribution in [1.29, 1.82) is 0 Å². The van der Waals surface area contributed by atoms with Gasteiger partial charge in [-0.2, -0.15) is 0 Å². The number of nitrogens with one attached hydrogen (secondary N) is 2. The third-order valence-corrected chi connectivity index (χ3v) is 18.9. The fraction of sp³-hybridized carbons (Fsp3) is 1.00. The summed E-state index contributed by atoms with van der Waals surface area (Å²) in [5.74, 6) is 0. The fourth-order valence-electron chi connectivity index (χ4n) is 5.02. The Hall–Kier alpha value is 0.314. The van der Waals surface area contributed by atoms with Crippen molar-refractivity contribution in [3.8, 4) is 0 Å². The second-order valence-electron chi connectivity index (χ2n) is 7.63. The Balaban J connectivity index is 3.31. The highest BCUT2D eigenvalue weighted by molar-refractivity contribution is 6.91. The van der Waals surface area contributed by atoms with E-state index in [1.165, 1.54) is 76.3 Å². The first-order valence-corrected chi connectivity index (χ1v) is 15.5. The molecule has 0 spiro atoms. The summed E-state index contributed by atoms with van der Waals surface area (Å²) >= 11 is 0. The maximum Gasteiger partial charge on any atom is 0.280 e. The standard InChI is InChI=1S/C19H45N3Si2/c1-7-17-20-24(21-18-8-2,19-15-13-14-16-19)22(9-3)23(10-4,11-5)12-6/h19-21H,7-18H2,1-6H3. The van der Waals surface area contributed by atoms with Crippen LogP contribution in [0.1, 0.15) is 80.1 Å². The molecule has 5 heteroatoms. The average molecular weight is 372 g/mol. The van der Waals surface area contributed by atoms with Crippen LogP contribution in [-0.4, -0.2) is 40.7 Å². The molecule has 0 radical (unpaired) electrons. The molecular weight excluding hydrogens is 326 g/mol. The van der Waals surface area contributed by atoms with Crippen LogP contribution in [0.5, 0.6) is 0 Å². The van der Waals surface area contributed by atoms with E-state index in [1.807, 2.05) is 0 Å². The van der Waals surface area contributed by atoms with Crippen LogP contribution in [0.2, 0.25) is 23.7 Å². The molecule has 0 aromatic carbocycles. The van der Waals surface area contributed by atoms with E-state index >= 15 is 0 Å². The van der Waals surface area contributed by atoms with Crippen LogP contribution in [0.3, 0.4) is 0 Å². The van der Waals surface area contributed by atoms with Gasteiger partial charge < -0.3 is 14.2 Å². The van der Waals surface area contributed by atoms with Crippen molar-refractivity contribution in [2.24, 2.45) is 0 Å². The predicted octanol–water partition coefficient (Wildman–Crippen LogP) is 5.20. The molecule has 1 saturated carbocycles. The lowest BCUT2D eigenvalue weighted by Crippen LogP contribution is -2.81. The van der Waals surface area contributed by atoms with Crippen molar-refractivity contribution in [3.63, 3.8) is 0 Å². The van der Waals surface area contributed by atoms with Crippen LogP contribution in [0.4, 0.5) is 0 Å². The third-order valence-electron chi connectivity index (χ3n) is 6.52. The minimum absolute atomic E-state index is 0.895.